The maximum absolute atomic E-state index is 13.2. The molecule has 2 saturated heterocycles. The lowest BCUT2D eigenvalue weighted by Gasteiger charge is -2.37. The van der Waals surface area contributed by atoms with Gasteiger partial charge in [-0.3, -0.25) is 14.4 Å². The van der Waals surface area contributed by atoms with Crippen molar-refractivity contribution in [1.29, 1.82) is 0 Å². The minimum Gasteiger partial charge on any atom is -0.376 e. The van der Waals surface area contributed by atoms with Crippen LogP contribution in [-0.4, -0.2) is 37.0 Å². The van der Waals surface area contributed by atoms with Gasteiger partial charge in [0, 0.05) is 18.7 Å². The standard InChI is InChI=1S/C23H24N2O4/c26-21(24-11-14-5-2-8-29-14)12-3-1-4-13(9-12)25-22(27)19-15-6-7-16(18-10-17(15)18)20(19)23(25)28/h1,3-4,6-7,9,14-20H,2,5,8,10-11H2,(H,24,26)/t14-,15-,16+,17+,18+,19-,20-/m0/s1. The van der Waals surface area contributed by atoms with E-state index in [2.05, 4.69) is 17.5 Å². The lowest BCUT2D eigenvalue weighted by molar-refractivity contribution is -0.124. The first-order valence-electron chi connectivity index (χ1n) is 10.7. The van der Waals surface area contributed by atoms with Crippen LogP contribution in [0.4, 0.5) is 5.69 Å². The molecule has 2 saturated carbocycles. The van der Waals surface area contributed by atoms with E-state index in [1.807, 2.05) is 0 Å². The molecule has 2 bridgehead atoms. The van der Waals surface area contributed by atoms with Crippen LogP contribution < -0.4 is 10.2 Å². The molecule has 6 nitrogen and oxygen atoms in total. The molecule has 1 N–H and O–H groups in total. The predicted molar refractivity (Wildman–Crippen MR) is 105 cm³/mol. The Bertz CT molecular complexity index is 899. The van der Waals surface area contributed by atoms with Crippen LogP contribution in [0.3, 0.4) is 0 Å². The molecule has 2 heterocycles. The van der Waals surface area contributed by atoms with Gasteiger partial charge in [0.15, 0.2) is 0 Å². The number of nitrogens with one attached hydrogen (secondary N) is 1. The van der Waals surface area contributed by atoms with Gasteiger partial charge in [0.25, 0.3) is 5.91 Å². The molecule has 6 heteroatoms. The fourth-order valence-corrected chi connectivity index (χ4v) is 6.11. The van der Waals surface area contributed by atoms with E-state index >= 15 is 0 Å². The number of benzene rings is 1. The summed E-state index contributed by atoms with van der Waals surface area (Å²) in [5.74, 6) is 0.723. The number of imide groups is 1. The zero-order chi connectivity index (χ0) is 19.7. The van der Waals surface area contributed by atoms with E-state index < -0.39 is 0 Å². The molecule has 0 aromatic heterocycles. The molecule has 7 atom stereocenters. The molecule has 3 amide bonds. The van der Waals surface area contributed by atoms with E-state index in [1.165, 1.54) is 4.90 Å². The molecule has 1 aromatic rings. The maximum Gasteiger partial charge on any atom is 0.251 e. The number of anilines is 1. The van der Waals surface area contributed by atoms with Crippen molar-refractivity contribution in [3.8, 4) is 0 Å². The summed E-state index contributed by atoms with van der Waals surface area (Å²) in [6, 6.07) is 6.87. The van der Waals surface area contributed by atoms with Crippen molar-refractivity contribution >= 4 is 23.4 Å². The number of carbonyl (C=O) groups excluding carboxylic acids is 3. The lowest BCUT2D eigenvalue weighted by atomic mass is 9.63. The van der Waals surface area contributed by atoms with Gasteiger partial charge in [0.1, 0.15) is 0 Å². The highest BCUT2D eigenvalue weighted by Crippen LogP contribution is 2.65. The number of nitrogens with zero attached hydrogens (tertiary/aromatic N) is 1. The van der Waals surface area contributed by atoms with Crippen molar-refractivity contribution in [3.05, 3.63) is 42.0 Å². The van der Waals surface area contributed by atoms with Crippen LogP contribution in [0.5, 0.6) is 0 Å². The van der Waals surface area contributed by atoms with Gasteiger partial charge in [-0.25, -0.2) is 4.90 Å². The molecule has 0 unspecified atom stereocenters. The Kier molecular flexibility index (Phi) is 3.76. The fraction of sp³-hybridized carbons (Fsp3) is 0.522. The Morgan fingerprint density at radius 1 is 1.10 bits per heavy atom. The average Bonchev–Trinajstić information content (AvgIpc) is 3.33. The fourth-order valence-electron chi connectivity index (χ4n) is 6.11. The smallest absolute Gasteiger partial charge is 0.251 e. The number of amides is 3. The summed E-state index contributed by atoms with van der Waals surface area (Å²) in [7, 11) is 0. The monoisotopic (exact) mass is 392 g/mol. The van der Waals surface area contributed by atoms with Gasteiger partial charge >= 0.3 is 0 Å². The molecule has 4 aliphatic carbocycles. The molecule has 29 heavy (non-hydrogen) atoms. The van der Waals surface area contributed by atoms with Crippen molar-refractivity contribution in [3.63, 3.8) is 0 Å². The summed E-state index contributed by atoms with van der Waals surface area (Å²) < 4.78 is 5.55. The van der Waals surface area contributed by atoms with Crippen molar-refractivity contribution in [1.82, 2.24) is 5.32 Å². The Labute approximate surface area is 169 Å². The molecular weight excluding hydrogens is 368 g/mol. The summed E-state index contributed by atoms with van der Waals surface area (Å²) in [6.07, 6.45) is 7.54. The molecule has 6 aliphatic rings. The van der Waals surface area contributed by atoms with Crippen molar-refractivity contribution in [2.75, 3.05) is 18.1 Å². The first-order valence-corrected chi connectivity index (χ1v) is 10.7. The van der Waals surface area contributed by atoms with Gasteiger partial charge in [-0.05, 0) is 61.1 Å². The number of ether oxygens (including phenoxy) is 1. The van der Waals surface area contributed by atoms with E-state index in [9.17, 15) is 14.4 Å². The zero-order valence-corrected chi connectivity index (χ0v) is 16.1. The second kappa shape index (κ2) is 6.26. The third kappa shape index (κ3) is 2.54. The van der Waals surface area contributed by atoms with Crippen LogP contribution in [0.25, 0.3) is 0 Å². The Morgan fingerprint density at radius 2 is 1.83 bits per heavy atom. The summed E-state index contributed by atoms with van der Waals surface area (Å²) in [6.45, 7) is 1.22. The number of rotatable bonds is 4. The summed E-state index contributed by atoms with van der Waals surface area (Å²) in [5, 5.41) is 2.90. The van der Waals surface area contributed by atoms with Crippen LogP contribution in [0.1, 0.15) is 29.6 Å². The van der Waals surface area contributed by atoms with Gasteiger partial charge in [-0.2, -0.15) is 0 Å². The minimum atomic E-state index is -0.224. The highest BCUT2D eigenvalue weighted by molar-refractivity contribution is 6.23. The normalized spacial score (nSPS) is 38.9. The summed E-state index contributed by atoms with van der Waals surface area (Å²) in [5.41, 5.74) is 0.965. The van der Waals surface area contributed by atoms with Gasteiger partial charge in [-0.15, -0.1) is 0 Å². The molecule has 0 spiro atoms. The van der Waals surface area contributed by atoms with E-state index in [4.69, 9.17) is 4.74 Å². The minimum absolute atomic E-state index is 0.0707. The van der Waals surface area contributed by atoms with Crippen molar-refractivity contribution < 1.29 is 19.1 Å². The second-order valence-corrected chi connectivity index (χ2v) is 9.06. The Balaban J connectivity index is 1.23. The van der Waals surface area contributed by atoms with E-state index in [1.54, 1.807) is 24.3 Å². The van der Waals surface area contributed by atoms with Gasteiger partial charge < -0.3 is 10.1 Å². The number of hydrogen-bond acceptors (Lipinski definition) is 4. The number of carbonyl (C=O) groups is 3. The molecular formula is C23H24N2O4. The SMILES string of the molecule is O=C(NC[C@@H]1CCCO1)c1cccc(N2C(=O)[C@H]3[C@@H]4C=C[C@@H]([C@H]5C[C@H]45)[C@@H]3C2=O)c1. The lowest BCUT2D eigenvalue weighted by Crippen LogP contribution is -2.40. The van der Waals surface area contributed by atoms with Crippen LogP contribution in [0, 0.1) is 35.5 Å². The topological polar surface area (TPSA) is 75.7 Å². The largest absolute Gasteiger partial charge is 0.376 e. The first kappa shape index (κ1) is 17.4. The predicted octanol–water partition coefficient (Wildman–Crippen LogP) is 2.15. The van der Waals surface area contributed by atoms with Gasteiger partial charge in [0.05, 0.1) is 23.6 Å². The van der Waals surface area contributed by atoms with Crippen LogP contribution in [0.2, 0.25) is 0 Å². The average molecular weight is 392 g/mol. The van der Waals surface area contributed by atoms with Gasteiger partial charge in [-0.1, -0.05) is 18.2 Å². The third-order valence-corrected chi connectivity index (χ3v) is 7.54. The first-order chi connectivity index (χ1) is 14.1. The Hall–Kier alpha value is -2.47. The van der Waals surface area contributed by atoms with E-state index in [0.29, 0.717) is 29.6 Å². The number of hydrogen-bond donors (Lipinski definition) is 1. The third-order valence-electron chi connectivity index (χ3n) is 7.54. The molecule has 0 radical (unpaired) electrons. The quantitative estimate of drug-likeness (QED) is 0.629. The summed E-state index contributed by atoms with van der Waals surface area (Å²) >= 11 is 0. The van der Waals surface area contributed by atoms with Crippen molar-refractivity contribution in [2.24, 2.45) is 35.5 Å². The Morgan fingerprint density at radius 3 is 2.48 bits per heavy atom. The summed E-state index contributed by atoms with van der Waals surface area (Å²) in [4.78, 5) is 40.4. The highest BCUT2D eigenvalue weighted by atomic mass is 16.5. The molecule has 1 aromatic carbocycles. The van der Waals surface area contributed by atoms with Crippen LogP contribution in [-0.2, 0) is 14.3 Å². The second-order valence-electron chi connectivity index (χ2n) is 9.06. The van der Waals surface area contributed by atoms with Gasteiger partial charge in [0.2, 0.25) is 11.8 Å². The van der Waals surface area contributed by atoms with Crippen LogP contribution in [0.15, 0.2) is 36.4 Å². The van der Waals surface area contributed by atoms with Crippen molar-refractivity contribution in [2.45, 2.75) is 25.4 Å². The maximum atomic E-state index is 13.2. The molecule has 2 aliphatic heterocycles. The highest BCUT2D eigenvalue weighted by Gasteiger charge is 2.67. The number of allylic oxidation sites excluding steroid dienone is 2. The zero-order valence-electron chi connectivity index (χ0n) is 16.1. The molecule has 7 rings (SSSR count). The molecule has 150 valence electrons. The van der Waals surface area contributed by atoms with Crippen LogP contribution >= 0.6 is 0 Å². The molecule has 4 fully saturated rings. The van der Waals surface area contributed by atoms with E-state index in [-0.39, 0.29) is 47.5 Å². The van der Waals surface area contributed by atoms with E-state index in [0.717, 1.165) is 25.9 Å².